The maximum absolute atomic E-state index is 12.1. The number of carbonyl (C=O) groups is 2. The van der Waals surface area contributed by atoms with Crippen LogP contribution in [0.2, 0.25) is 0 Å². The first kappa shape index (κ1) is 19.7. The van der Waals surface area contributed by atoms with Crippen molar-refractivity contribution in [1.82, 2.24) is 4.90 Å². The third-order valence-corrected chi connectivity index (χ3v) is 2.79. The van der Waals surface area contributed by atoms with Crippen molar-refractivity contribution in [3.63, 3.8) is 0 Å². The van der Waals surface area contributed by atoms with Gasteiger partial charge in [-0.1, -0.05) is 0 Å². The summed E-state index contributed by atoms with van der Waals surface area (Å²) in [5, 5.41) is 9.21. The molecule has 0 heterocycles. The van der Waals surface area contributed by atoms with Crippen LogP contribution < -0.4 is 0 Å². The van der Waals surface area contributed by atoms with Crippen LogP contribution >= 0.6 is 0 Å². The van der Waals surface area contributed by atoms with Crippen molar-refractivity contribution in [3.8, 4) is 0 Å². The van der Waals surface area contributed by atoms with Gasteiger partial charge in [0.2, 0.25) is 0 Å². The van der Waals surface area contributed by atoms with E-state index in [0.29, 0.717) is 0 Å². The maximum Gasteiger partial charge on any atom is 0.411 e. The number of carboxylic acids is 1. The normalized spacial score (nSPS) is 13.9. The van der Waals surface area contributed by atoms with Gasteiger partial charge in [0.05, 0.1) is 12.9 Å². The van der Waals surface area contributed by atoms with Crippen LogP contribution in [0.1, 0.15) is 34.6 Å². The van der Waals surface area contributed by atoms with Crippen LogP contribution in [0.5, 0.6) is 0 Å². The number of rotatable bonds is 6. The Hall–Kier alpha value is -1.35. The number of ether oxygens (including phenoxy) is 1. The molecule has 0 saturated carbocycles. The lowest BCUT2D eigenvalue weighted by atomic mass is 10.2. The van der Waals surface area contributed by atoms with Crippen molar-refractivity contribution in [2.45, 2.75) is 52.3 Å². The largest absolute Gasteiger partial charge is 0.480 e. The Morgan fingerprint density at radius 3 is 2.00 bits per heavy atom. The van der Waals surface area contributed by atoms with Gasteiger partial charge in [-0.25, -0.2) is 9.59 Å². The summed E-state index contributed by atoms with van der Waals surface area (Å²) >= 11 is 0. The summed E-state index contributed by atoms with van der Waals surface area (Å²) in [4.78, 5) is 24.4. The zero-order valence-electron chi connectivity index (χ0n) is 13.1. The minimum Gasteiger partial charge on any atom is -0.480 e. The summed E-state index contributed by atoms with van der Waals surface area (Å²) in [5.41, 5.74) is -0.801. The predicted octanol–water partition coefficient (Wildman–Crippen LogP) is 1.06. The average Bonchev–Trinajstić information content (AvgIpc) is 2.18. The van der Waals surface area contributed by atoms with Gasteiger partial charge in [0.15, 0.2) is 6.04 Å². The number of aliphatic carboxylic acids is 1. The van der Waals surface area contributed by atoms with Gasteiger partial charge in [0.1, 0.15) is 5.60 Å². The Kier molecular flexibility index (Phi) is 6.62. The number of nitrogens with zero attached hydrogens (tertiary/aromatic N) is 1. The second-order valence-corrected chi connectivity index (χ2v) is 7.47. The maximum atomic E-state index is 12.1. The molecule has 21 heavy (non-hydrogen) atoms. The predicted molar refractivity (Wildman–Crippen MR) is 75.4 cm³/mol. The molecule has 1 amide bonds. The molecule has 0 aliphatic carbocycles. The number of hydrogen-bond donors (Lipinski definition) is 1. The zero-order valence-corrected chi connectivity index (χ0v) is 13.9. The van der Waals surface area contributed by atoms with E-state index in [1.165, 1.54) is 0 Å². The molecule has 8 nitrogen and oxygen atoms in total. The third-order valence-electron chi connectivity index (χ3n) is 2.22. The molecule has 9 heteroatoms. The van der Waals surface area contributed by atoms with E-state index in [4.69, 9.17) is 4.74 Å². The number of amides is 1. The van der Waals surface area contributed by atoms with E-state index in [-0.39, 0.29) is 0 Å². The second-order valence-electron chi connectivity index (χ2n) is 5.82. The molecule has 1 atom stereocenters. The standard InChI is InChI=1S/C12H23NO7S/c1-8(2)13(11(16)20-12(3,4)5)9(10(14)15)7-19-21(6,17)18/h8-9H,7H2,1-6H3,(H,14,15). The van der Waals surface area contributed by atoms with Crippen molar-refractivity contribution in [3.05, 3.63) is 0 Å². The Morgan fingerprint density at radius 1 is 1.24 bits per heavy atom. The average molecular weight is 325 g/mol. The first-order chi connectivity index (χ1) is 9.24. The molecule has 0 rings (SSSR count). The molecule has 0 fully saturated rings. The Labute approximate surface area is 125 Å². The van der Waals surface area contributed by atoms with Crippen molar-refractivity contribution < 1.29 is 32.0 Å². The smallest absolute Gasteiger partial charge is 0.411 e. The minimum atomic E-state index is -3.81. The summed E-state index contributed by atoms with van der Waals surface area (Å²) < 4.78 is 31.6. The van der Waals surface area contributed by atoms with E-state index >= 15 is 0 Å². The Bertz CT molecular complexity index is 478. The van der Waals surface area contributed by atoms with Crippen LogP contribution in [-0.4, -0.2) is 61.0 Å². The van der Waals surface area contributed by atoms with Crippen molar-refractivity contribution in [2.75, 3.05) is 12.9 Å². The van der Waals surface area contributed by atoms with Gasteiger partial charge in [-0.2, -0.15) is 8.42 Å². The summed E-state index contributed by atoms with van der Waals surface area (Å²) in [5.74, 6) is -1.38. The van der Waals surface area contributed by atoms with Gasteiger partial charge in [-0.05, 0) is 34.6 Å². The summed E-state index contributed by atoms with van der Waals surface area (Å²) in [6.07, 6.45) is -0.0407. The molecule has 0 aliphatic heterocycles. The molecule has 0 aliphatic rings. The highest BCUT2D eigenvalue weighted by molar-refractivity contribution is 7.85. The zero-order chi connectivity index (χ0) is 17.0. The summed E-state index contributed by atoms with van der Waals surface area (Å²) in [7, 11) is -3.81. The summed E-state index contributed by atoms with van der Waals surface area (Å²) in [6.45, 7) is 7.46. The second kappa shape index (κ2) is 7.08. The number of hydrogen-bond acceptors (Lipinski definition) is 6. The fraction of sp³-hybridized carbons (Fsp3) is 0.833. The highest BCUT2D eigenvalue weighted by Gasteiger charge is 2.35. The van der Waals surface area contributed by atoms with Crippen molar-refractivity contribution in [2.24, 2.45) is 0 Å². The van der Waals surface area contributed by atoms with E-state index < -0.39 is 46.5 Å². The molecular formula is C12H23NO7S. The lowest BCUT2D eigenvalue weighted by Gasteiger charge is -2.33. The Morgan fingerprint density at radius 2 is 1.71 bits per heavy atom. The molecule has 0 aromatic heterocycles. The van der Waals surface area contributed by atoms with Crippen LogP contribution in [0.3, 0.4) is 0 Å². The van der Waals surface area contributed by atoms with Gasteiger partial charge in [0.25, 0.3) is 10.1 Å². The first-order valence-electron chi connectivity index (χ1n) is 6.33. The van der Waals surface area contributed by atoms with Crippen LogP contribution in [0, 0.1) is 0 Å². The fourth-order valence-corrected chi connectivity index (χ4v) is 1.85. The molecular weight excluding hydrogens is 302 g/mol. The van der Waals surface area contributed by atoms with Crippen molar-refractivity contribution >= 4 is 22.2 Å². The first-order valence-corrected chi connectivity index (χ1v) is 8.15. The third kappa shape index (κ3) is 7.86. The lowest BCUT2D eigenvalue weighted by molar-refractivity contribution is -0.145. The molecule has 0 bridgehead atoms. The van der Waals surface area contributed by atoms with E-state index in [9.17, 15) is 23.1 Å². The van der Waals surface area contributed by atoms with Gasteiger partial charge < -0.3 is 9.84 Å². The molecule has 0 radical (unpaired) electrons. The molecule has 1 unspecified atom stereocenters. The topological polar surface area (TPSA) is 110 Å². The molecule has 0 aromatic rings. The van der Waals surface area contributed by atoms with Crippen LogP contribution in [0.4, 0.5) is 4.79 Å². The molecule has 1 N–H and O–H groups in total. The molecule has 0 spiro atoms. The van der Waals surface area contributed by atoms with Gasteiger partial charge >= 0.3 is 12.1 Å². The number of carbonyl (C=O) groups excluding carboxylic acids is 1. The van der Waals surface area contributed by atoms with Gasteiger partial charge in [-0.15, -0.1) is 0 Å². The van der Waals surface area contributed by atoms with Gasteiger partial charge in [-0.3, -0.25) is 9.08 Å². The molecule has 124 valence electrons. The van der Waals surface area contributed by atoms with E-state index in [1.54, 1.807) is 34.6 Å². The van der Waals surface area contributed by atoms with E-state index in [1.807, 2.05) is 0 Å². The van der Waals surface area contributed by atoms with Crippen LogP contribution in [0.15, 0.2) is 0 Å². The van der Waals surface area contributed by atoms with Crippen LogP contribution in [0.25, 0.3) is 0 Å². The molecule has 0 saturated heterocycles. The minimum absolute atomic E-state index is 0.510. The lowest BCUT2D eigenvalue weighted by Crippen LogP contribution is -2.52. The van der Waals surface area contributed by atoms with Gasteiger partial charge in [0, 0.05) is 6.04 Å². The highest BCUT2D eigenvalue weighted by Crippen LogP contribution is 2.15. The summed E-state index contributed by atoms with van der Waals surface area (Å²) in [6, 6.07) is -1.97. The monoisotopic (exact) mass is 325 g/mol. The molecule has 0 aromatic carbocycles. The number of carboxylic acid groups (broad SMARTS) is 1. The van der Waals surface area contributed by atoms with Crippen molar-refractivity contribution in [1.29, 1.82) is 0 Å². The fourth-order valence-electron chi connectivity index (χ4n) is 1.47. The Balaban J connectivity index is 5.26. The highest BCUT2D eigenvalue weighted by atomic mass is 32.2. The van der Waals surface area contributed by atoms with E-state index in [2.05, 4.69) is 4.18 Å². The van der Waals surface area contributed by atoms with Crippen LogP contribution in [-0.2, 0) is 23.8 Å². The van der Waals surface area contributed by atoms with E-state index in [0.717, 1.165) is 11.2 Å². The SMILES string of the molecule is CC(C)N(C(=O)OC(C)(C)C)C(COS(C)(=O)=O)C(=O)O. The quantitative estimate of drug-likeness (QED) is 0.727.